The van der Waals surface area contributed by atoms with E-state index in [1.54, 1.807) is 12.1 Å². The molecular weight excluding hydrogens is 295 g/mol. The zero-order valence-corrected chi connectivity index (χ0v) is 12.5. The third-order valence-electron chi connectivity index (χ3n) is 2.33. The molecule has 18 heavy (non-hydrogen) atoms. The summed E-state index contributed by atoms with van der Waals surface area (Å²) in [5, 5.41) is 7.00. The summed E-state index contributed by atoms with van der Waals surface area (Å²) >= 11 is 11.8. The topological polar surface area (TPSA) is 41.1 Å². The molecule has 0 aliphatic heterocycles. The number of benzene rings is 1. The molecule has 3 nitrogen and oxygen atoms in total. The fraction of sp³-hybridized carbons (Fsp3) is 0.417. The van der Waals surface area contributed by atoms with E-state index in [0.29, 0.717) is 29.4 Å². The van der Waals surface area contributed by atoms with E-state index in [2.05, 4.69) is 10.6 Å². The summed E-state index contributed by atoms with van der Waals surface area (Å²) in [6.45, 7) is 1.41. The molecule has 0 aliphatic carbocycles. The lowest BCUT2D eigenvalue weighted by atomic mass is 10.1. The summed E-state index contributed by atoms with van der Waals surface area (Å²) in [6.07, 6.45) is 1.06. The van der Waals surface area contributed by atoms with Crippen LogP contribution < -0.4 is 10.6 Å². The molecule has 0 fully saturated rings. The Bertz CT molecular complexity index is 386. The Kier molecular flexibility index (Phi) is 9.20. The van der Waals surface area contributed by atoms with Gasteiger partial charge in [0, 0.05) is 29.6 Å². The van der Waals surface area contributed by atoms with E-state index in [1.807, 2.05) is 13.1 Å². The Morgan fingerprint density at radius 2 is 2.00 bits per heavy atom. The maximum absolute atomic E-state index is 11.5. The van der Waals surface area contributed by atoms with Gasteiger partial charge in [-0.05, 0) is 31.2 Å². The monoisotopic (exact) mass is 310 g/mol. The smallest absolute Gasteiger partial charge is 0.220 e. The minimum absolute atomic E-state index is 0. The van der Waals surface area contributed by atoms with Crippen molar-refractivity contribution in [3.05, 3.63) is 33.8 Å². The Labute approximate surface area is 124 Å². The lowest BCUT2D eigenvalue weighted by molar-refractivity contribution is -0.121. The second-order valence-corrected chi connectivity index (χ2v) is 4.53. The highest BCUT2D eigenvalue weighted by Crippen LogP contribution is 2.21. The first-order valence-electron chi connectivity index (χ1n) is 5.48. The van der Waals surface area contributed by atoms with Crippen molar-refractivity contribution in [2.24, 2.45) is 0 Å². The van der Waals surface area contributed by atoms with E-state index in [1.165, 1.54) is 0 Å². The number of carbonyl (C=O) groups excluding carboxylic acids is 1. The van der Waals surface area contributed by atoms with Crippen LogP contribution in [-0.2, 0) is 11.2 Å². The maximum Gasteiger partial charge on any atom is 0.220 e. The average Bonchev–Trinajstić information content (AvgIpc) is 2.28. The molecule has 0 atom stereocenters. The number of halogens is 3. The fourth-order valence-electron chi connectivity index (χ4n) is 1.39. The third kappa shape index (κ3) is 6.45. The van der Waals surface area contributed by atoms with E-state index >= 15 is 0 Å². The molecule has 0 spiro atoms. The molecule has 1 aromatic carbocycles. The van der Waals surface area contributed by atoms with Crippen LogP contribution in [0.3, 0.4) is 0 Å². The number of rotatable bonds is 6. The van der Waals surface area contributed by atoms with E-state index in [9.17, 15) is 4.79 Å². The highest BCUT2D eigenvalue weighted by atomic mass is 35.5. The van der Waals surface area contributed by atoms with Crippen molar-refractivity contribution in [3.63, 3.8) is 0 Å². The van der Waals surface area contributed by atoms with Gasteiger partial charge in [0.05, 0.1) is 0 Å². The van der Waals surface area contributed by atoms with E-state index in [0.717, 1.165) is 12.1 Å². The van der Waals surface area contributed by atoms with E-state index < -0.39 is 0 Å². The van der Waals surface area contributed by atoms with Gasteiger partial charge in [0.1, 0.15) is 0 Å². The molecule has 1 rings (SSSR count). The first kappa shape index (κ1) is 17.5. The highest BCUT2D eigenvalue weighted by Gasteiger charge is 2.05. The molecule has 6 heteroatoms. The largest absolute Gasteiger partial charge is 0.355 e. The Balaban J connectivity index is 0.00000289. The third-order valence-corrected chi connectivity index (χ3v) is 2.92. The quantitative estimate of drug-likeness (QED) is 0.793. The van der Waals surface area contributed by atoms with Crippen molar-refractivity contribution in [3.8, 4) is 0 Å². The average molecular weight is 312 g/mol. The lowest BCUT2D eigenvalue weighted by Crippen LogP contribution is -2.30. The zero-order chi connectivity index (χ0) is 12.7. The number of nitrogens with one attached hydrogen (secondary N) is 2. The van der Waals surface area contributed by atoms with Gasteiger partial charge in [-0.15, -0.1) is 12.4 Å². The van der Waals surface area contributed by atoms with E-state index in [-0.39, 0.29) is 18.3 Å². The molecule has 1 aromatic rings. The van der Waals surface area contributed by atoms with Crippen LogP contribution in [-0.4, -0.2) is 26.0 Å². The van der Waals surface area contributed by atoms with Crippen LogP contribution in [0.5, 0.6) is 0 Å². The maximum atomic E-state index is 11.5. The summed E-state index contributed by atoms with van der Waals surface area (Å²) in [5.41, 5.74) is 0.944. The number of likely N-dealkylation sites (N-methyl/N-ethyl adjacent to an activating group) is 1. The van der Waals surface area contributed by atoms with Crippen molar-refractivity contribution < 1.29 is 4.79 Å². The number of aryl methyl sites for hydroxylation is 1. The van der Waals surface area contributed by atoms with Gasteiger partial charge >= 0.3 is 0 Å². The van der Waals surface area contributed by atoms with Crippen LogP contribution in [0.1, 0.15) is 12.0 Å². The van der Waals surface area contributed by atoms with Gasteiger partial charge in [-0.1, -0.05) is 29.3 Å². The molecule has 0 saturated heterocycles. The molecule has 0 aromatic heterocycles. The van der Waals surface area contributed by atoms with Crippen LogP contribution >= 0.6 is 35.6 Å². The molecule has 102 valence electrons. The Hall–Kier alpha value is -0.480. The van der Waals surface area contributed by atoms with Gasteiger partial charge in [-0.2, -0.15) is 0 Å². The van der Waals surface area contributed by atoms with Gasteiger partial charge < -0.3 is 10.6 Å². The fourth-order valence-corrected chi connectivity index (χ4v) is 1.89. The first-order valence-corrected chi connectivity index (χ1v) is 6.24. The molecule has 0 radical (unpaired) electrons. The molecule has 2 N–H and O–H groups in total. The predicted octanol–water partition coefficient (Wildman–Crippen LogP) is 2.68. The minimum atomic E-state index is 0. The van der Waals surface area contributed by atoms with Gasteiger partial charge in [0.25, 0.3) is 0 Å². The van der Waals surface area contributed by atoms with Crippen molar-refractivity contribution in [1.82, 2.24) is 10.6 Å². The summed E-state index contributed by atoms with van der Waals surface area (Å²) in [5.74, 6) is 0.0336. The van der Waals surface area contributed by atoms with Crippen LogP contribution in [0.2, 0.25) is 10.0 Å². The van der Waals surface area contributed by atoms with Gasteiger partial charge in [0.15, 0.2) is 0 Å². The molecule has 0 bridgehead atoms. The normalized spacial score (nSPS) is 9.72. The van der Waals surface area contributed by atoms with Crippen LogP contribution in [0, 0.1) is 0 Å². The second-order valence-electron chi connectivity index (χ2n) is 3.69. The van der Waals surface area contributed by atoms with Crippen LogP contribution in [0.25, 0.3) is 0 Å². The number of hydrogen-bond donors (Lipinski definition) is 2. The lowest BCUT2D eigenvalue weighted by Gasteiger charge is -2.06. The zero-order valence-electron chi connectivity index (χ0n) is 10.1. The van der Waals surface area contributed by atoms with Gasteiger partial charge in [-0.3, -0.25) is 4.79 Å². The van der Waals surface area contributed by atoms with Crippen LogP contribution in [0.4, 0.5) is 0 Å². The molecular formula is C12H17Cl3N2O. The Morgan fingerprint density at radius 1 is 1.28 bits per heavy atom. The summed E-state index contributed by atoms with van der Waals surface area (Å²) in [7, 11) is 1.85. The summed E-state index contributed by atoms with van der Waals surface area (Å²) in [6, 6.07) is 5.32. The molecule has 0 unspecified atom stereocenters. The molecule has 0 heterocycles. The van der Waals surface area contributed by atoms with E-state index in [4.69, 9.17) is 23.2 Å². The van der Waals surface area contributed by atoms with Gasteiger partial charge in [0.2, 0.25) is 5.91 Å². The van der Waals surface area contributed by atoms with Crippen LogP contribution in [0.15, 0.2) is 18.2 Å². The number of amides is 1. The first-order chi connectivity index (χ1) is 8.13. The van der Waals surface area contributed by atoms with Crippen molar-refractivity contribution in [1.29, 1.82) is 0 Å². The molecule has 1 amide bonds. The molecule has 0 aliphatic rings. The predicted molar refractivity (Wildman–Crippen MR) is 79.0 cm³/mol. The standard InChI is InChI=1S/C12H16Cl2N2O.ClH/c1-15-6-7-16-12(17)5-3-9-2-4-10(13)8-11(9)14;/h2,4,8,15H,3,5-7H2,1H3,(H,16,17);1H. The molecule has 0 saturated carbocycles. The van der Waals surface area contributed by atoms with Crippen molar-refractivity contribution >= 4 is 41.5 Å². The van der Waals surface area contributed by atoms with Crippen molar-refractivity contribution in [2.75, 3.05) is 20.1 Å². The summed E-state index contributed by atoms with van der Waals surface area (Å²) < 4.78 is 0. The summed E-state index contributed by atoms with van der Waals surface area (Å²) in [4.78, 5) is 11.5. The minimum Gasteiger partial charge on any atom is -0.355 e. The second kappa shape index (κ2) is 9.45. The van der Waals surface area contributed by atoms with Gasteiger partial charge in [-0.25, -0.2) is 0 Å². The number of carbonyl (C=O) groups is 1. The number of hydrogen-bond acceptors (Lipinski definition) is 2. The SMILES string of the molecule is CNCCNC(=O)CCc1ccc(Cl)cc1Cl.Cl. The highest BCUT2D eigenvalue weighted by molar-refractivity contribution is 6.35. The van der Waals surface area contributed by atoms with Crippen molar-refractivity contribution in [2.45, 2.75) is 12.8 Å². The Morgan fingerprint density at radius 3 is 2.61 bits per heavy atom.